The molecule has 0 bridgehead atoms. The number of carbonyl (C=O) groups excluding carboxylic acids is 2. The topological polar surface area (TPSA) is 60.9 Å². The molecule has 1 aliphatic carbocycles. The second-order valence-corrected chi connectivity index (χ2v) is 5.98. The summed E-state index contributed by atoms with van der Waals surface area (Å²) in [6.45, 7) is 1.05. The smallest absolute Gasteiger partial charge is 0.248 e. The van der Waals surface area contributed by atoms with Gasteiger partial charge in [0.25, 0.3) is 0 Å². The van der Waals surface area contributed by atoms with E-state index in [2.05, 4.69) is 0 Å². The first-order chi connectivity index (χ1) is 11.0. The van der Waals surface area contributed by atoms with Gasteiger partial charge in [-0.05, 0) is 36.1 Å². The third-order valence-corrected chi connectivity index (χ3v) is 4.54. The quantitative estimate of drug-likeness (QED) is 0.892. The standard InChI is InChI=1S/C16H18F2N2O3/c17-10-1-2-14(18)12(7-10)11-8-13(11)16(23)20-5-3-19(4-6-20)15(22)9-21/h1-2,7,11,13,21H,3-6,8-9H2. The van der Waals surface area contributed by atoms with Crippen LogP contribution in [0, 0.1) is 17.6 Å². The number of rotatable bonds is 3. The van der Waals surface area contributed by atoms with Crippen molar-refractivity contribution in [2.24, 2.45) is 5.92 Å². The van der Waals surface area contributed by atoms with Gasteiger partial charge in [-0.25, -0.2) is 8.78 Å². The Kier molecular flexibility index (Phi) is 4.30. The van der Waals surface area contributed by atoms with Crippen LogP contribution in [0.3, 0.4) is 0 Å². The first-order valence-electron chi connectivity index (χ1n) is 7.63. The molecule has 1 aliphatic heterocycles. The van der Waals surface area contributed by atoms with Crippen molar-refractivity contribution in [1.29, 1.82) is 0 Å². The molecule has 1 aromatic rings. The SMILES string of the molecule is O=C(CO)N1CCN(C(=O)C2CC2c2cc(F)ccc2F)CC1. The van der Waals surface area contributed by atoms with Crippen molar-refractivity contribution in [3.8, 4) is 0 Å². The number of carbonyl (C=O) groups is 2. The van der Waals surface area contributed by atoms with Crippen molar-refractivity contribution < 1.29 is 23.5 Å². The zero-order valence-electron chi connectivity index (χ0n) is 12.5. The average Bonchev–Trinajstić information content (AvgIpc) is 3.36. The first-order valence-corrected chi connectivity index (χ1v) is 7.63. The minimum absolute atomic E-state index is 0.0743. The van der Waals surface area contributed by atoms with Crippen molar-refractivity contribution >= 4 is 11.8 Å². The second kappa shape index (κ2) is 6.23. The second-order valence-electron chi connectivity index (χ2n) is 5.98. The number of hydrogen-bond acceptors (Lipinski definition) is 3. The highest BCUT2D eigenvalue weighted by Crippen LogP contribution is 2.49. The van der Waals surface area contributed by atoms with Gasteiger partial charge in [-0.15, -0.1) is 0 Å². The van der Waals surface area contributed by atoms with E-state index >= 15 is 0 Å². The van der Waals surface area contributed by atoms with Crippen LogP contribution in [0.2, 0.25) is 0 Å². The van der Waals surface area contributed by atoms with Crippen LogP contribution in [0.15, 0.2) is 18.2 Å². The number of halogens is 2. The van der Waals surface area contributed by atoms with E-state index in [4.69, 9.17) is 5.11 Å². The van der Waals surface area contributed by atoms with Crippen molar-refractivity contribution in [3.63, 3.8) is 0 Å². The number of benzene rings is 1. The molecule has 5 nitrogen and oxygen atoms in total. The summed E-state index contributed by atoms with van der Waals surface area (Å²) in [6, 6.07) is 3.31. The molecule has 2 aliphatic rings. The molecule has 0 radical (unpaired) electrons. The van der Waals surface area contributed by atoms with E-state index in [1.165, 1.54) is 4.90 Å². The van der Waals surface area contributed by atoms with Gasteiger partial charge in [0.05, 0.1) is 0 Å². The molecule has 2 atom stereocenters. The van der Waals surface area contributed by atoms with Crippen molar-refractivity contribution in [1.82, 2.24) is 9.80 Å². The molecule has 23 heavy (non-hydrogen) atoms. The molecule has 1 N–H and O–H groups in total. The number of aliphatic hydroxyl groups excluding tert-OH is 1. The number of hydrogen-bond donors (Lipinski definition) is 1. The maximum Gasteiger partial charge on any atom is 0.248 e. The van der Waals surface area contributed by atoms with Gasteiger partial charge in [0, 0.05) is 32.1 Å². The summed E-state index contributed by atoms with van der Waals surface area (Å²) in [5, 5.41) is 8.83. The zero-order chi connectivity index (χ0) is 16.6. The van der Waals surface area contributed by atoms with Crippen molar-refractivity contribution in [2.75, 3.05) is 32.8 Å². The highest BCUT2D eigenvalue weighted by molar-refractivity contribution is 5.83. The van der Waals surface area contributed by atoms with E-state index in [-0.39, 0.29) is 29.2 Å². The average molecular weight is 324 g/mol. The lowest BCUT2D eigenvalue weighted by atomic mass is 10.1. The van der Waals surface area contributed by atoms with Crippen LogP contribution in [0.25, 0.3) is 0 Å². The summed E-state index contributed by atoms with van der Waals surface area (Å²) in [5.74, 6) is -1.99. The molecule has 7 heteroatoms. The minimum atomic E-state index is -0.530. The Morgan fingerprint density at radius 1 is 1.13 bits per heavy atom. The molecule has 0 aromatic heterocycles. The van der Waals surface area contributed by atoms with E-state index in [0.717, 1.165) is 18.2 Å². The van der Waals surface area contributed by atoms with Gasteiger partial charge in [-0.3, -0.25) is 9.59 Å². The van der Waals surface area contributed by atoms with E-state index in [1.54, 1.807) is 4.90 Å². The van der Waals surface area contributed by atoms with Crippen LogP contribution < -0.4 is 0 Å². The van der Waals surface area contributed by atoms with Crippen LogP contribution in [-0.2, 0) is 9.59 Å². The van der Waals surface area contributed by atoms with E-state index in [0.29, 0.717) is 32.6 Å². The molecule has 1 saturated carbocycles. The molecule has 2 unspecified atom stereocenters. The van der Waals surface area contributed by atoms with Crippen molar-refractivity contribution in [2.45, 2.75) is 12.3 Å². The van der Waals surface area contributed by atoms with Crippen LogP contribution >= 0.6 is 0 Å². The van der Waals surface area contributed by atoms with Gasteiger partial charge in [0.1, 0.15) is 18.2 Å². The Morgan fingerprint density at radius 2 is 1.78 bits per heavy atom. The Balaban J connectivity index is 1.59. The molecule has 124 valence electrons. The monoisotopic (exact) mass is 324 g/mol. The molecule has 2 fully saturated rings. The number of nitrogens with zero attached hydrogens (tertiary/aromatic N) is 2. The molecular weight excluding hydrogens is 306 g/mol. The lowest BCUT2D eigenvalue weighted by molar-refractivity contribution is -0.141. The first kappa shape index (κ1) is 15.9. The van der Waals surface area contributed by atoms with Gasteiger partial charge < -0.3 is 14.9 Å². The minimum Gasteiger partial charge on any atom is -0.387 e. The molecular formula is C16H18F2N2O3. The van der Waals surface area contributed by atoms with Gasteiger partial charge in [-0.2, -0.15) is 0 Å². The summed E-state index contributed by atoms with van der Waals surface area (Å²) in [5.41, 5.74) is 0.262. The third-order valence-electron chi connectivity index (χ3n) is 4.54. The summed E-state index contributed by atoms with van der Waals surface area (Å²) in [6.07, 6.45) is 0.523. The largest absolute Gasteiger partial charge is 0.387 e. The van der Waals surface area contributed by atoms with Crippen LogP contribution in [0.1, 0.15) is 17.9 Å². The Labute approximate surface area is 132 Å². The maximum absolute atomic E-state index is 13.8. The van der Waals surface area contributed by atoms with Gasteiger partial charge in [-0.1, -0.05) is 0 Å². The number of piperazine rings is 1. The molecule has 1 heterocycles. The summed E-state index contributed by atoms with van der Waals surface area (Å²) >= 11 is 0. The lowest BCUT2D eigenvalue weighted by Gasteiger charge is -2.34. The zero-order valence-corrected chi connectivity index (χ0v) is 12.5. The Bertz CT molecular complexity index is 630. The van der Waals surface area contributed by atoms with E-state index in [9.17, 15) is 18.4 Å². The number of amides is 2. The molecule has 2 amide bonds. The molecule has 3 rings (SSSR count). The fraction of sp³-hybridized carbons (Fsp3) is 0.500. The Hall–Kier alpha value is -2.02. The highest BCUT2D eigenvalue weighted by atomic mass is 19.1. The van der Waals surface area contributed by atoms with Gasteiger partial charge in [0.2, 0.25) is 11.8 Å². The van der Waals surface area contributed by atoms with E-state index < -0.39 is 18.2 Å². The number of aliphatic hydroxyl groups is 1. The molecule has 1 saturated heterocycles. The third kappa shape index (κ3) is 3.19. The maximum atomic E-state index is 13.8. The van der Waals surface area contributed by atoms with Crippen LogP contribution in [0.4, 0.5) is 8.78 Å². The van der Waals surface area contributed by atoms with Crippen LogP contribution in [-0.4, -0.2) is 59.5 Å². The predicted octanol–water partition coefficient (Wildman–Crippen LogP) is 0.731. The summed E-state index contributed by atoms with van der Waals surface area (Å²) < 4.78 is 27.0. The normalized spacial score (nSPS) is 23.8. The molecule has 0 spiro atoms. The Morgan fingerprint density at radius 3 is 2.43 bits per heavy atom. The lowest BCUT2D eigenvalue weighted by Crippen LogP contribution is -2.51. The predicted molar refractivity (Wildman–Crippen MR) is 77.5 cm³/mol. The van der Waals surface area contributed by atoms with Gasteiger partial charge >= 0.3 is 0 Å². The fourth-order valence-electron chi connectivity index (χ4n) is 3.12. The van der Waals surface area contributed by atoms with E-state index in [1.807, 2.05) is 0 Å². The summed E-state index contributed by atoms with van der Waals surface area (Å²) in [4.78, 5) is 27.0. The highest BCUT2D eigenvalue weighted by Gasteiger charge is 2.47. The van der Waals surface area contributed by atoms with Crippen LogP contribution in [0.5, 0.6) is 0 Å². The summed E-state index contributed by atoms with van der Waals surface area (Å²) in [7, 11) is 0. The molecule has 1 aromatic carbocycles. The fourth-order valence-corrected chi connectivity index (χ4v) is 3.12. The van der Waals surface area contributed by atoms with Crippen molar-refractivity contribution in [3.05, 3.63) is 35.4 Å². The van der Waals surface area contributed by atoms with Gasteiger partial charge in [0.15, 0.2) is 0 Å².